The third-order valence-corrected chi connectivity index (χ3v) is 3.01. The predicted octanol–water partition coefficient (Wildman–Crippen LogP) is -0.782. The van der Waals surface area contributed by atoms with E-state index < -0.39 is 0 Å². The minimum atomic E-state index is 0.0891. The van der Waals surface area contributed by atoms with E-state index >= 15 is 0 Å². The van der Waals surface area contributed by atoms with Crippen LogP contribution >= 0.6 is 0 Å². The molecule has 0 aromatic rings. The molecule has 3 N–H and O–H groups in total. The molecule has 0 aromatic carbocycles. The summed E-state index contributed by atoms with van der Waals surface area (Å²) in [7, 11) is 0. The van der Waals surface area contributed by atoms with Crippen LogP contribution in [0.4, 0.5) is 0 Å². The lowest BCUT2D eigenvalue weighted by molar-refractivity contribution is -0.122. The summed E-state index contributed by atoms with van der Waals surface area (Å²) in [5.41, 5.74) is 0.0891. The Morgan fingerprint density at radius 3 is 2.62 bits per heavy atom. The summed E-state index contributed by atoms with van der Waals surface area (Å²) in [4.78, 5) is 11.4. The average molecular weight is 183 g/mol. The quantitative estimate of drug-likeness (QED) is 0.462. The summed E-state index contributed by atoms with van der Waals surface area (Å²) in [6.07, 6.45) is 2.79. The molecule has 0 radical (unpaired) electrons. The molecular formula is C9H17N3O. The van der Waals surface area contributed by atoms with Crippen LogP contribution in [0.3, 0.4) is 0 Å². The van der Waals surface area contributed by atoms with E-state index in [-0.39, 0.29) is 11.4 Å². The van der Waals surface area contributed by atoms with Gasteiger partial charge in [-0.1, -0.05) is 0 Å². The maximum atomic E-state index is 11.4. The first-order valence-electron chi connectivity index (χ1n) is 5.03. The number of hydrogen-bond acceptors (Lipinski definition) is 3. The second-order valence-electron chi connectivity index (χ2n) is 3.98. The second kappa shape index (κ2) is 3.64. The average Bonchev–Trinajstić information content (AvgIpc) is 2.29. The molecule has 2 fully saturated rings. The van der Waals surface area contributed by atoms with E-state index in [1.54, 1.807) is 0 Å². The van der Waals surface area contributed by atoms with Gasteiger partial charge in [0.25, 0.3) is 0 Å². The highest BCUT2D eigenvalue weighted by Gasteiger charge is 2.34. The van der Waals surface area contributed by atoms with Gasteiger partial charge >= 0.3 is 0 Å². The topological polar surface area (TPSA) is 53.2 Å². The van der Waals surface area contributed by atoms with Crippen molar-refractivity contribution in [2.24, 2.45) is 0 Å². The van der Waals surface area contributed by atoms with Crippen molar-refractivity contribution < 1.29 is 4.79 Å². The Hall–Kier alpha value is -0.610. The molecule has 1 amide bonds. The summed E-state index contributed by atoms with van der Waals surface area (Å²) in [6.45, 7) is 3.74. The van der Waals surface area contributed by atoms with Crippen molar-refractivity contribution in [3.63, 3.8) is 0 Å². The second-order valence-corrected chi connectivity index (χ2v) is 3.98. The van der Waals surface area contributed by atoms with Crippen molar-refractivity contribution in [2.75, 3.05) is 26.2 Å². The standard InChI is InChI=1S/C9H17N3O/c13-8-7-9(12-6-5-11-8)1-3-10-4-2-9/h10,12H,1-7H2,(H,11,13). The summed E-state index contributed by atoms with van der Waals surface area (Å²) < 4.78 is 0. The van der Waals surface area contributed by atoms with Gasteiger partial charge in [-0.2, -0.15) is 0 Å². The van der Waals surface area contributed by atoms with E-state index in [9.17, 15) is 4.79 Å². The van der Waals surface area contributed by atoms with Gasteiger partial charge in [-0.25, -0.2) is 0 Å². The minimum Gasteiger partial charge on any atom is -0.355 e. The minimum absolute atomic E-state index is 0.0891. The van der Waals surface area contributed by atoms with Crippen molar-refractivity contribution in [3.8, 4) is 0 Å². The lowest BCUT2D eigenvalue weighted by Gasteiger charge is -2.36. The molecule has 13 heavy (non-hydrogen) atoms. The van der Waals surface area contributed by atoms with Crippen LogP contribution in [0, 0.1) is 0 Å². The molecule has 2 aliphatic rings. The van der Waals surface area contributed by atoms with Gasteiger partial charge < -0.3 is 16.0 Å². The summed E-state index contributed by atoms with van der Waals surface area (Å²) >= 11 is 0. The van der Waals surface area contributed by atoms with Gasteiger partial charge in [-0.15, -0.1) is 0 Å². The molecule has 2 rings (SSSR count). The molecule has 74 valence electrons. The van der Waals surface area contributed by atoms with Gasteiger partial charge in [-0.05, 0) is 25.9 Å². The van der Waals surface area contributed by atoms with Crippen molar-refractivity contribution >= 4 is 5.91 Å². The molecule has 2 heterocycles. The molecule has 2 saturated heterocycles. The van der Waals surface area contributed by atoms with Crippen LogP contribution in [0.15, 0.2) is 0 Å². The number of piperidine rings is 1. The highest BCUT2D eigenvalue weighted by molar-refractivity contribution is 5.77. The third-order valence-electron chi connectivity index (χ3n) is 3.01. The van der Waals surface area contributed by atoms with E-state index in [4.69, 9.17) is 0 Å². The molecule has 2 aliphatic heterocycles. The van der Waals surface area contributed by atoms with Gasteiger partial charge in [0.2, 0.25) is 5.91 Å². The van der Waals surface area contributed by atoms with E-state index in [0.717, 1.165) is 39.0 Å². The molecule has 1 spiro atoms. The Kier molecular flexibility index (Phi) is 2.51. The Morgan fingerprint density at radius 2 is 1.85 bits per heavy atom. The smallest absolute Gasteiger partial charge is 0.221 e. The van der Waals surface area contributed by atoms with Gasteiger partial charge in [0.15, 0.2) is 0 Å². The fourth-order valence-electron chi connectivity index (χ4n) is 2.22. The molecule has 0 bridgehead atoms. The van der Waals surface area contributed by atoms with Crippen LogP contribution in [0.1, 0.15) is 19.3 Å². The van der Waals surface area contributed by atoms with E-state index in [2.05, 4.69) is 16.0 Å². The SMILES string of the molecule is O=C1CC2(CCNCC2)NCCN1. The van der Waals surface area contributed by atoms with Crippen LogP contribution in [-0.4, -0.2) is 37.6 Å². The van der Waals surface area contributed by atoms with Crippen molar-refractivity contribution in [1.82, 2.24) is 16.0 Å². The number of carbonyl (C=O) groups is 1. The first-order valence-corrected chi connectivity index (χ1v) is 5.03. The Balaban J connectivity index is 2.04. The zero-order chi connectivity index (χ0) is 9.15. The van der Waals surface area contributed by atoms with Crippen molar-refractivity contribution in [2.45, 2.75) is 24.8 Å². The lowest BCUT2D eigenvalue weighted by Crippen LogP contribution is -2.52. The maximum absolute atomic E-state index is 11.4. The monoisotopic (exact) mass is 183 g/mol. The van der Waals surface area contributed by atoms with E-state index in [1.165, 1.54) is 0 Å². The highest BCUT2D eigenvalue weighted by atomic mass is 16.1. The van der Waals surface area contributed by atoms with Crippen LogP contribution in [-0.2, 0) is 4.79 Å². The summed E-state index contributed by atoms with van der Waals surface area (Å²) in [5.74, 6) is 0.201. The van der Waals surface area contributed by atoms with Crippen LogP contribution < -0.4 is 16.0 Å². The number of carbonyl (C=O) groups excluding carboxylic acids is 1. The molecule has 0 saturated carbocycles. The molecule has 0 aromatic heterocycles. The molecular weight excluding hydrogens is 166 g/mol. The summed E-state index contributed by atoms with van der Waals surface area (Å²) in [6, 6.07) is 0. The predicted molar refractivity (Wildman–Crippen MR) is 50.5 cm³/mol. The van der Waals surface area contributed by atoms with Gasteiger partial charge in [0.1, 0.15) is 0 Å². The number of nitrogens with one attached hydrogen (secondary N) is 3. The Bertz CT molecular complexity index is 199. The normalized spacial score (nSPS) is 28.2. The number of amides is 1. The lowest BCUT2D eigenvalue weighted by atomic mass is 9.85. The molecule has 4 nitrogen and oxygen atoms in total. The molecule has 0 atom stereocenters. The summed E-state index contributed by atoms with van der Waals surface area (Å²) in [5, 5.41) is 9.72. The zero-order valence-electron chi connectivity index (χ0n) is 7.86. The number of hydrogen-bond donors (Lipinski definition) is 3. The fourth-order valence-corrected chi connectivity index (χ4v) is 2.22. The van der Waals surface area contributed by atoms with E-state index in [1.807, 2.05) is 0 Å². The van der Waals surface area contributed by atoms with Crippen LogP contribution in [0.2, 0.25) is 0 Å². The van der Waals surface area contributed by atoms with Crippen molar-refractivity contribution in [1.29, 1.82) is 0 Å². The highest BCUT2D eigenvalue weighted by Crippen LogP contribution is 2.22. The van der Waals surface area contributed by atoms with Gasteiger partial charge in [0.05, 0.1) is 0 Å². The van der Waals surface area contributed by atoms with Crippen molar-refractivity contribution in [3.05, 3.63) is 0 Å². The fraction of sp³-hybridized carbons (Fsp3) is 0.889. The Labute approximate surface area is 78.5 Å². The molecule has 0 unspecified atom stereocenters. The largest absolute Gasteiger partial charge is 0.355 e. The van der Waals surface area contributed by atoms with E-state index in [0.29, 0.717) is 6.42 Å². The van der Waals surface area contributed by atoms with Gasteiger partial charge in [-0.3, -0.25) is 4.79 Å². The van der Waals surface area contributed by atoms with Crippen LogP contribution in [0.25, 0.3) is 0 Å². The van der Waals surface area contributed by atoms with Gasteiger partial charge in [0, 0.05) is 25.0 Å². The first kappa shape index (κ1) is 8.97. The number of rotatable bonds is 0. The molecule has 0 aliphatic carbocycles. The third kappa shape index (κ3) is 2.00. The molecule has 4 heteroatoms. The Morgan fingerprint density at radius 1 is 1.08 bits per heavy atom. The maximum Gasteiger partial charge on any atom is 0.221 e. The zero-order valence-corrected chi connectivity index (χ0v) is 7.86. The van der Waals surface area contributed by atoms with Crippen LogP contribution in [0.5, 0.6) is 0 Å². The first-order chi connectivity index (χ1) is 6.31.